The first-order valence-electron chi connectivity index (χ1n) is 35.8. The van der Waals surface area contributed by atoms with Crippen LogP contribution in [0, 0.1) is 0 Å². The van der Waals surface area contributed by atoms with Crippen molar-refractivity contribution in [1.82, 2.24) is 0 Å². The molecule has 500 valence electrons. The van der Waals surface area contributed by atoms with Crippen LogP contribution in [0.15, 0.2) is 391 Å². The topological polar surface area (TPSA) is 40.5 Å². The van der Waals surface area contributed by atoms with Crippen LogP contribution in [0.5, 0.6) is 0 Å². The molecule has 0 spiro atoms. The van der Waals surface area contributed by atoms with Gasteiger partial charge in [0.15, 0.2) is 0 Å². The predicted octanol–water partition coefficient (Wildman–Crippen LogP) is 27.9. The van der Waals surface area contributed by atoms with E-state index in [4.69, 9.17) is 10.0 Å². The highest BCUT2D eigenvalue weighted by Crippen LogP contribution is 2.54. The van der Waals surface area contributed by atoms with E-state index in [-0.39, 0.29) is 0 Å². The number of thiophene rings is 2. The van der Waals surface area contributed by atoms with E-state index in [0.717, 1.165) is 4.47 Å². The van der Waals surface area contributed by atoms with Crippen molar-refractivity contribution in [2.75, 3.05) is 0 Å². The smallest absolute Gasteiger partial charge is 0.423 e. The highest BCUT2D eigenvalue weighted by Gasteiger charge is 2.26. The van der Waals surface area contributed by atoms with E-state index in [1.807, 2.05) is 28.7 Å². The molecule has 0 saturated carbocycles. The van der Waals surface area contributed by atoms with Crippen LogP contribution >= 0.6 is 38.6 Å². The van der Waals surface area contributed by atoms with Gasteiger partial charge in [0.05, 0.1) is 0 Å². The van der Waals surface area contributed by atoms with Crippen molar-refractivity contribution in [1.29, 1.82) is 0 Å². The SMILES string of the molecule is Brc1csc2c(-c3ccccc3)c(-c3ccc4c(-c5ccccc5)c5ccccc5c(-c5ccccc5)c4c3)c3ccccc3c12.OB(O)c1ccccc1.c1ccc(-c2c3ccccc3c(-c3ccccc3)c3cc(-c4c(-c5ccccc5)c5scc(-c6ccccc6)c5c5ccccc45)ccc23)cc1. The zero-order chi connectivity index (χ0) is 71.0. The van der Waals surface area contributed by atoms with Gasteiger partial charge < -0.3 is 10.0 Å². The maximum absolute atomic E-state index is 8.58. The Balaban J connectivity index is 0.000000135. The molecule has 0 aliphatic carbocycles. The Morgan fingerprint density at radius 2 is 0.462 bits per heavy atom. The molecule has 0 aliphatic heterocycles. The van der Waals surface area contributed by atoms with Gasteiger partial charge >= 0.3 is 7.12 Å². The van der Waals surface area contributed by atoms with Gasteiger partial charge in [-0.2, -0.15) is 0 Å². The molecule has 2 N–H and O–H groups in total. The summed E-state index contributed by atoms with van der Waals surface area (Å²) in [6.45, 7) is 0. The maximum Gasteiger partial charge on any atom is 0.488 e. The fourth-order valence-electron chi connectivity index (χ4n) is 16.1. The van der Waals surface area contributed by atoms with Crippen molar-refractivity contribution in [3.8, 4) is 100 Å². The second kappa shape index (κ2) is 28.9. The summed E-state index contributed by atoms with van der Waals surface area (Å²) in [4.78, 5) is 0. The van der Waals surface area contributed by atoms with Gasteiger partial charge in [0, 0.05) is 46.7 Å². The van der Waals surface area contributed by atoms with Gasteiger partial charge in [-0.3, -0.25) is 0 Å². The van der Waals surface area contributed by atoms with E-state index in [0.29, 0.717) is 5.46 Å². The minimum Gasteiger partial charge on any atom is -0.423 e. The lowest BCUT2D eigenvalue weighted by atomic mass is 9.81. The van der Waals surface area contributed by atoms with Crippen molar-refractivity contribution in [3.63, 3.8) is 0 Å². The normalized spacial score (nSPS) is 11.3. The Hall–Kier alpha value is -12.1. The number of fused-ring (bicyclic) bond motifs is 10. The molecule has 6 heteroatoms. The Bertz CT molecular complexity index is 6630. The first-order valence-corrected chi connectivity index (χ1v) is 38.3. The molecule has 0 atom stereocenters. The van der Waals surface area contributed by atoms with Crippen LogP contribution in [0.3, 0.4) is 0 Å². The van der Waals surface area contributed by atoms with E-state index in [2.05, 4.69) is 372 Å². The fraction of sp³-hybridized carbons (Fsp3) is 0. The van der Waals surface area contributed by atoms with Gasteiger partial charge in [-0.05, 0) is 187 Å². The van der Waals surface area contributed by atoms with E-state index in [1.165, 1.54) is 185 Å². The van der Waals surface area contributed by atoms with E-state index < -0.39 is 7.12 Å². The van der Waals surface area contributed by atoms with Crippen LogP contribution in [0.4, 0.5) is 0 Å². The summed E-state index contributed by atoms with van der Waals surface area (Å²) in [6, 6.07) is 135. The minimum absolute atomic E-state index is 0.525. The third-order valence-electron chi connectivity index (χ3n) is 20.6. The van der Waals surface area contributed by atoms with Crippen LogP contribution in [-0.2, 0) is 0 Å². The molecule has 0 amide bonds. The first kappa shape index (κ1) is 65.9. The first-order chi connectivity index (χ1) is 52.4. The lowest BCUT2D eigenvalue weighted by Crippen LogP contribution is -2.29. The summed E-state index contributed by atoms with van der Waals surface area (Å²) >= 11 is 7.58. The molecule has 18 aromatic carbocycles. The highest BCUT2D eigenvalue weighted by molar-refractivity contribution is 9.10. The third kappa shape index (κ3) is 12.0. The Morgan fingerprint density at radius 3 is 0.802 bits per heavy atom. The Kier molecular flexibility index (Phi) is 17.9. The molecule has 0 aliphatic rings. The van der Waals surface area contributed by atoms with Crippen molar-refractivity contribution in [2.24, 2.45) is 0 Å². The third-order valence-corrected chi connectivity index (χ3v) is 23.5. The number of benzene rings is 18. The number of hydrogen-bond donors (Lipinski definition) is 2. The zero-order valence-corrected chi connectivity index (χ0v) is 60.8. The maximum atomic E-state index is 8.58. The molecular weight excluding hydrogens is 1390 g/mol. The summed E-state index contributed by atoms with van der Waals surface area (Å²) in [5, 5.41) is 39.6. The lowest BCUT2D eigenvalue weighted by Gasteiger charge is -2.21. The zero-order valence-electron chi connectivity index (χ0n) is 57.6. The molecule has 0 saturated heterocycles. The van der Waals surface area contributed by atoms with Crippen LogP contribution in [0.1, 0.15) is 0 Å². The van der Waals surface area contributed by atoms with Crippen molar-refractivity contribution in [2.45, 2.75) is 0 Å². The second-order valence-corrected chi connectivity index (χ2v) is 29.3. The number of rotatable bonds is 10. The number of hydrogen-bond acceptors (Lipinski definition) is 4. The lowest BCUT2D eigenvalue weighted by molar-refractivity contribution is 0.426. The molecular formula is C100H66BBrO2S2. The summed E-state index contributed by atoms with van der Waals surface area (Å²) < 4.78 is 3.77. The van der Waals surface area contributed by atoms with Gasteiger partial charge in [0.2, 0.25) is 0 Å². The van der Waals surface area contributed by atoms with E-state index >= 15 is 0 Å². The Labute approximate surface area is 632 Å². The number of halogens is 1. The molecule has 2 aromatic heterocycles. The summed E-state index contributed by atoms with van der Waals surface area (Å²) in [6.07, 6.45) is 0. The molecule has 0 bridgehead atoms. The summed E-state index contributed by atoms with van der Waals surface area (Å²) in [5.41, 5.74) is 23.1. The molecule has 0 radical (unpaired) electrons. The van der Waals surface area contributed by atoms with Crippen molar-refractivity contribution < 1.29 is 10.0 Å². The summed E-state index contributed by atoms with van der Waals surface area (Å²) in [5.74, 6) is 0. The summed E-state index contributed by atoms with van der Waals surface area (Å²) in [7, 11) is -1.34. The predicted molar refractivity (Wildman–Crippen MR) is 462 cm³/mol. The van der Waals surface area contributed by atoms with Gasteiger partial charge in [-0.1, -0.05) is 364 Å². The molecule has 0 fully saturated rings. The van der Waals surface area contributed by atoms with Crippen LogP contribution in [0.25, 0.3) is 185 Å². The van der Waals surface area contributed by atoms with E-state index in [1.54, 1.807) is 24.3 Å². The molecule has 20 rings (SSSR count). The minimum atomic E-state index is -1.34. The fourth-order valence-corrected chi connectivity index (χ4v) is 19.1. The van der Waals surface area contributed by atoms with Gasteiger partial charge in [0.1, 0.15) is 0 Å². The van der Waals surface area contributed by atoms with Gasteiger partial charge in [-0.15, -0.1) is 22.7 Å². The van der Waals surface area contributed by atoms with Crippen LogP contribution < -0.4 is 5.46 Å². The van der Waals surface area contributed by atoms with E-state index in [9.17, 15) is 0 Å². The molecule has 2 nitrogen and oxygen atoms in total. The van der Waals surface area contributed by atoms with Crippen molar-refractivity contribution >= 4 is 136 Å². The Morgan fingerprint density at radius 1 is 0.208 bits per heavy atom. The molecule has 106 heavy (non-hydrogen) atoms. The quantitative estimate of drug-likeness (QED) is 0.106. The van der Waals surface area contributed by atoms with Crippen LogP contribution in [0.2, 0.25) is 0 Å². The molecule has 2 heterocycles. The van der Waals surface area contributed by atoms with Gasteiger partial charge in [0.25, 0.3) is 0 Å². The standard InChI is InChI=1S/C50H32S.C44H27BrS.C6H7BO2/c1-5-17-33(18-6-1)44-32-51-50-48(36-23-11-4-12-24-36)47(40-27-15-16-28-41(40)49(44)50)37-29-30-42-43(31-37)46(35-21-9-3-10-22-35)39-26-14-13-25-38(39)45(42)34-19-7-2-8-20-34;45-38-27-46-44-42(30-18-8-3-9-19-30)41(34-22-12-13-23-35(34)43(38)44)31-24-25-36-37(26-31)40(29-16-6-2-7-17-29)33-21-11-10-20-32(33)39(36)28-14-4-1-5-15-28;8-7(9)6-4-2-1-3-5-6/h1-32H;1-27H;1-5,8-9H. The highest BCUT2D eigenvalue weighted by atomic mass is 79.9. The molecule has 0 unspecified atom stereocenters. The molecule has 20 aromatic rings. The van der Waals surface area contributed by atoms with Gasteiger partial charge in [-0.25, -0.2) is 0 Å². The van der Waals surface area contributed by atoms with Crippen molar-refractivity contribution in [3.05, 3.63) is 391 Å². The largest absolute Gasteiger partial charge is 0.488 e. The average molecular weight is 1450 g/mol. The second-order valence-electron chi connectivity index (χ2n) is 26.7. The monoisotopic (exact) mass is 1450 g/mol. The van der Waals surface area contributed by atoms with Crippen LogP contribution in [-0.4, -0.2) is 17.2 Å². The average Bonchev–Trinajstić information content (AvgIpc) is 1.16.